The minimum atomic E-state index is 0.435. The summed E-state index contributed by atoms with van der Waals surface area (Å²) in [5.74, 6) is 0.671. The first-order valence-electron chi connectivity index (χ1n) is 7.54. The van der Waals surface area contributed by atoms with E-state index < -0.39 is 0 Å². The predicted molar refractivity (Wildman–Crippen MR) is 85.9 cm³/mol. The van der Waals surface area contributed by atoms with Gasteiger partial charge in [0.1, 0.15) is 0 Å². The number of nitrogens with zero attached hydrogens (tertiary/aromatic N) is 1. The molecule has 1 unspecified atom stereocenters. The number of hydrogen-bond donors (Lipinski definition) is 1. The summed E-state index contributed by atoms with van der Waals surface area (Å²) >= 11 is 0. The third kappa shape index (κ3) is 4.24. The van der Waals surface area contributed by atoms with Crippen molar-refractivity contribution in [2.45, 2.75) is 53.1 Å². The Bertz CT molecular complexity index is 367. The van der Waals surface area contributed by atoms with Crippen molar-refractivity contribution in [3.05, 3.63) is 29.8 Å². The number of nitrogens with one attached hydrogen (secondary N) is 1. The molecular formula is C17H30N2. The zero-order valence-corrected chi connectivity index (χ0v) is 13.4. The van der Waals surface area contributed by atoms with E-state index in [2.05, 4.69) is 69.1 Å². The maximum absolute atomic E-state index is 3.43. The summed E-state index contributed by atoms with van der Waals surface area (Å²) in [4.78, 5) is 2.53. The van der Waals surface area contributed by atoms with E-state index in [4.69, 9.17) is 0 Å². The third-order valence-corrected chi connectivity index (χ3v) is 3.56. The summed E-state index contributed by atoms with van der Waals surface area (Å²) in [6.45, 7) is 12.5. The van der Waals surface area contributed by atoms with E-state index in [9.17, 15) is 0 Å². The van der Waals surface area contributed by atoms with Gasteiger partial charge in [0.25, 0.3) is 0 Å². The molecule has 0 bridgehead atoms. The van der Waals surface area contributed by atoms with E-state index in [0.717, 1.165) is 13.0 Å². The lowest BCUT2D eigenvalue weighted by Crippen LogP contribution is -2.35. The van der Waals surface area contributed by atoms with Crippen LogP contribution in [0.25, 0.3) is 0 Å². The summed E-state index contributed by atoms with van der Waals surface area (Å²) in [7, 11) is 2.05. The zero-order valence-electron chi connectivity index (χ0n) is 13.4. The van der Waals surface area contributed by atoms with Crippen LogP contribution in [0.2, 0.25) is 0 Å². The molecule has 0 aliphatic heterocycles. The van der Waals surface area contributed by atoms with E-state index in [1.807, 2.05) is 7.05 Å². The average molecular weight is 262 g/mol. The SMILES string of the molecule is CCC(NC)c1ccccc1N(CC(C)C)C(C)C. The van der Waals surface area contributed by atoms with E-state index >= 15 is 0 Å². The van der Waals surface area contributed by atoms with Crippen LogP contribution in [-0.2, 0) is 0 Å². The van der Waals surface area contributed by atoms with Crippen LogP contribution in [0.3, 0.4) is 0 Å². The zero-order chi connectivity index (χ0) is 14.4. The van der Waals surface area contributed by atoms with Gasteiger partial charge >= 0.3 is 0 Å². The molecule has 1 atom stereocenters. The molecule has 2 nitrogen and oxygen atoms in total. The highest BCUT2D eigenvalue weighted by molar-refractivity contribution is 5.55. The minimum absolute atomic E-state index is 0.435. The Morgan fingerprint density at radius 3 is 2.21 bits per heavy atom. The molecule has 2 heteroatoms. The Morgan fingerprint density at radius 2 is 1.74 bits per heavy atom. The Labute approximate surface area is 119 Å². The molecule has 0 radical (unpaired) electrons. The van der Waals surface area contributed by atoms with Crippen LogP contribution in [0.1, 0.15) is 52.6 Å². The number of anilines is 1. The Morgan fingerprint density at radius 1 is 1.11 bits per heavy atom. The van der Waals surface area contributed by atoms with Crippen LogP contribution in [0.4, 0.5) is 5.69 Å². The molecule has 0 amide bonds. The minimum Gasteiger partial charge on any atom is -0.369 e. The van der Waals surface area contributed by atoms with Crippen LogP contribution in [0.15, 0.2) is 24.3 Å². The number of para-hydroxylation sites is 1. The predicted octanol–water partition coefficient (Wildman–Crippen LogP) is 4.23. The molecule has 108 valence electrons. The molecule has 1 aromatic carbocycles. The first kappa shape index (κ1) is 16.0. The highest BCUT2D eigenvalue weighted by Gasteiger charge is 2.18. The molecule has 0 heterocycles. The normalized spacial score (nSPS) is 13.1. The second-order valence-electron chi connectivity index (χ2n) is 5.95. The van der Waals surface area contributed by atoms with Crippen molar-refractivity contribution in [1.82, 2.24) is 5.32 Å². The molecule has 1 rings (SSSR count). The number of benzene rings is 1. The van der Waals surface area contributed by atoms with Gasteiger partial charge in [-0.25, -0.2) is 0 Å². The lowest BCUT2D eigenvalue weighted by atomic mass is 10.00. The molecule has 0 spiro atoms. The smallest absolute Gasteiger partial charge is 0.0417 e. The van der Waals surface area contributed by atoms with Crippen molar-refractivity contribution in [2.24, 2.45) is 5.92 Å². The quantitative estimate of drug-likeness (QED) is 0.791. The molecule has 0 aliphatic carbocycles. The summed E-state index contributed by atoms with van der Waals surface area (Å²) < 4.78 is 0. The van der Waals surface area contributed by atoms with Gasteiger partial charge in [-0.15, -0.1) is 0 Å². The molecule has 0 aliphatic rings. The van der Waals surface area contributed by atoms with Crippen LogP contribution < -0.4 is 10.2 Å². The molecule has 0 saturated carbocycles. The molecule has 19 heavy (non-hydrogen) atoms. The maximum Gasteiger partial charge on any atom is 0.0417 e. The third-order valence-electron chi connectivity index (χ3n) is 3.56. The first-order valence-corrected chi connectivity index (χ1v) is 7.54. The van der Waals surface area contributed by atoms with Gasteiger partial charge < -0.3 is 10.2 Å². The summed E-state index contributed by atoms with van der Waals surface area (Å²) in [6, 6.07) is 9.78. The maximum atomic E-state index is 3.43. The fourth-order valence-electron chi connectivity index (χ4n) is 2.60. The van der Waals surface area contributed by atoms with Gasteiger partial charge in [-0.3, -0.25) is 0 Å². The summed E-state index contributed by atoms with van der Waals surface area (Å²) in [6.07, 6.45) is 1.11. The number of hydrogen-bond acceptors (Lipinski definition) is 2. The lowest BCUT2D eigenvalue weighted by molar-refractivity contribution is 0.549. The highest BCUT2D eigenvalue weighted by Crippen LogP contribution is 2.29. The van der Waals surface area contributed by atoms with Crippen LogP contribution in [0.5, 0.6) is 0 Å². The second kappa shape index (κ2) is 7.54. The molecule has 1 N–H and O–H groups in total. The van der Waals surface area contributed by atoms with Crippen molar-refractivity contribution >= 4 is 5.69 Å². The molecule has 0 fully saturated rings. The Hall–Kier alpha value is -1.02. The second-order valence-corrected chi connectivity index (χ2v) is 5.95. The van der Waals surface area contributed by atoms with Gasteiger partial charge in [0.05, 0.1) is 0 Å². The fourth-order valence-corrected chi connectivity index (χ4v) is 2.60. The van der Waals surface area contributed by atoms with Crippen molar-refractivity contribution in [3.63, 3.8) is 0 Å². The Kier molecular flexibility index (Phi) is 6.36. The molecule has 1 aromatic rings. The monoisotopic (exact) mass is 262 g/mol. The van der Waals surface area contributed by atoms with E-state index in [1.54, 1.807) is 0 Å². The first-order chi connectivity index (χ1) is 9.01. The molecular weight excluding hydrogens is 232 g/mol. The van der Waals surface area contributed by atoms with Crippen molar-refractivity contribution in [3.8, 4) is 0 Å². The van der Waals surface area contributed by atoms with E-state index in [0.29, 0.717) is 18.0 Å². The van der Waals surface area contributed by atoms with Crippen molar-refractivity contribution in [2.75, 3.05) is 18.5 Å². The van der Waals surface area contributed by atoms with Crippen molar-refractivity contribution in [1.29, 1.82) is 0 Å². The Balaban J connectivity index is 3.15. The fraction of sp³-hybridized carbons (Fsp3) is 0.647. The van der Waals surface area contributed by atoms with Crippen LogP contribution >= 0.6 is 0 Å². The van der Waals surface area contributed by atoms with Crippen LogP contribution in [0, 0.1) is 5.92 Å². The summed E-state index contributed by atoms with van der Waals surface area (Å²) in [5, 5.41) is 3.43. The molecule has 0 aromatic heterocycles. The number of rotatable bonds is 7. The topological polar surface area (TPSA) is 15.3 Å². The van der Waals surface area contributed by atoms with Gasteiger partial charge in [-0.05, 0) is 44.9 Å². The van der Waals surface area contributed by atoms with E-state index in [-0.39, 0.29) is 0 Å². The van der Waals surface area contributed by atoms with Gasteiger partial charge in [-0.1, -0.05) is 39.0 Å². The van der Waals surface area contributed by atoms with Gasteiger partial charge in [0, 0.05) is 24.3 Å². The molecule has 0 saturated heterocycles. The lowest BCUT2D eigenvalue weighted by Gasteiger charge is -2.34. The van der Waals surface area contributed by atoms with Crippen LogP contribution in [-0.4, -0.2) is 19.6 Å². The van der Waals surface area contributed by atoms with Gasteiger partial charge in [0.2, 0.25) is 0 Å². The van der Waals surface area contributed by atoms with Gasteiger partial charge in [-0.2, -0.15) is 0 Å². The highest BCUT2D eigenvalue weighted by atomic mass is 15.2. The largest absolute Gasteiger partial charge is 0.369 e. The standard InChI is InChI=1S/C17H30N2/c1-7-16(18-6)15-10-8-9-11-17(15)19(14(4)5)12-13(2)3/h8-11,13-14,16,18H,7,12H2,1-6H3. The van der Waals surface area contributed by atoms with Gasteiger partial charge in [0.15, 0.2) is 0 Å². The summed E-state index contributed by atoms with van der Waals surface area (Å²) in [5.41, 5.74) is 2.80. The average Bonchev–Trinajstić information content (AvgIpc) is 2.38. The van der Waals surface area contributed by atoms with E-state index in [1.165, 1.54) is 11.3 Å². The van der Waals surface area contributed by atoms with Crippen molar-refractivity contribution < 1.29 is 0 Å².